The third-order valence-electron chi connectivity index (χ3n) is 6.93. The number of amides is 1. The van der Waals surface area contributed by atoms with Crippen molar-refractivity contribution in [2.75, 3.05) is 12.3 Å². The van der Waals surface area contributed by atoms with Gasteiger partial charge in [0.15, 0.2) is 0 Å². The molecule has 0 fully saturated rings. The topological polar surface area (TPSA) is 91.4 Å². The van der Waals surface area contributed by atoms with Crippen LogP contribution in [0.15, 0.2) is 78.9 Å². The second kappa shape index (κ2) is 14.9. The summed E-state index contributed by atoms with van der Waals surface area (Å²) in [5, 5.41) is 16.1. The van der Waals surface area contributed by atoms with E-state index in [1.165, 1.54) is 0 Å². The Hall–Kier alpha value is -3.55. The molecule has 0 spiro atoms. The van der Waals surface area contributed by atoms with E-state index in [4.69, 9.17) is 16.3 Å². The van der Waals surface area contributed by atoms with Crippen LogP contribution in [0.1, 0.15) is 59.1 Å². The molecule has 2 atom stereocenters. The molecule has 1 heterocycles. The number of aryl methyl sites for hydroxylation is 1. The van der Waals surface area contributed by atoms with E-state index in [-0.39, 0.29) is 11.2 Å². The normalized spacial score (nSPS) is 12.6. The van der Waals surface area contributed by atoms with Gasteiger partial charge in [-0.3, -0.25) is 4.79 Å². The molecule has 0 aliphatic carbocycles. The van der Waals surface area contributed by atoms with Crippen LogP contribution in [0.25, 0.3) is 10.9 Å². The molecule has 0 saturated carbocycles. The van der Waals surface area contributed by atoms with E-state index < -0.39 is 11.9 Å². The fourth-order valence-electron chi connectivity index (χ4n) is 4.61. The molecule has 0 radical (unpaired) electrons. The summed E-state index contributed by atoms with van der Waals surface area (Å²) < 4.78 is 6.13. The van der Waals surface area contributed by atoms with Crippen LogP contribution in [-0.4, -0.2) is 29.2 Å². The number of rotatable bonds is 14. The van der Waals surface area contributed by atoms with Crippen LogP contribution in [0.4, 0.5) is 0 Å². The Labute approximate surface area is 250 Å². The zero-order valence-corrected chi connectivity index (χ0v) is 24.8. The first-order valence-electron chi connectivity index (χ1n) is 13.8. The van der Waals surface area contributed by atoms with Gasteiger partial charge in [0, 0.05) is 45.4 Å². The lowest BCUT2D eigenvalue weighted by molar-refractivity contribution is -0.310. The van der Waals surface area contributed by atoms with Crippen molar-refractivity contribution in [1.29, 1.82) is 0 Å². The minimum absolute atomic E-state index is 0.00446. The number of halogens is 1. The molecular weight excluding hydrogens is 556 g/mol. The summed E-state index contributed by atoms with van der Waals surface area (Å²) in [5.74, 6) is -0.500. The summed E-state index contributed by atoms with van der Waals surface area (Å²) in [7, 11) is 0. The van der Waals surface area contributed by atoms with Gasteiger partial charge in [-0.25, -0.2) is 4.98 Å². The number of carbonyl (C=O) groups excluding carboxylic acids is 2. The number of carboxylic acids is 1. The van der Waals surface area contributed by atoms with Crippen LogP contribution in [0, 0.1) is 5.92 Å². The molecule has 1 aromatic heterocycles. The molecule has 4 aromatic rings. The molecule has 8 heteroatoms. The van der Waals surface area contributed by atoms with E-state index in [1.54, 1.807) is 11.8 Å². The number of hydrogen-bond acceptors (Lipinski definition) is 6. The first-order valence-corrected chi connectivity index (χ1v) is 15.3. The van der Waals surface area contributed by atoms with E-state index in [0.29, 0.717) is 48.1 Å². The van der Waals surface area contributed by atoms with Crippen molar-refractivity contribution < 1.29 is 19.4 Å². The van der Waals surface area contributed by atoms with Crippen LogP contribution in [0.5, 0.6) is 5.75 Å². The number of aliphatic carboxylic acids is 1. The van der Waals surface area contributed by atoms with Gasteiger partial charge >= 0.3 is 0 Å². The smallest absolute Gasteiger partial charge is 0.251 e. The molecule has 6 nitrogen and oxygen atoms in total. The molecule has 1 amide bonds. The van der Waals surface area contributed by atoms with Gasteiger partial charge in [-0.05, 0) is 73.7 Å². The summed E-state index contributed by atoms with van der Waals surface area (Å²) >= 11 is 7.74. The number of aromatic nitrogens is 1. The average Bonchev–Trinajstić information content (AvgIpc) is 2.98. The largest absolute Gasteiger partial charge is 0.550 e. The van der Waals surface area contributed by atoms with Crippen molar-refractivity contribution in [3.63, 3.8) is 0 Å². The number of fused-ring (bicyclic) bond motifs is 1. The third kappa shape index (κ3) is 8.47. The molecule has 1 N–H and O–H groups in total. The van der Waals surface area contributed by atoms with Crippen molar-refractivity contribution in [3.05, 3.63) is 106 Å². The SMILES string of the molecule is CCNC(=O)c1ccccc1CCC(SCC(CC)C(=O)[O-])c1cccc(OCc2ccc3ccc(Cl)cc3n2)c1. The first kappa shape index (κ1) is 30.4. The van der Waals surface area contributed by atoms with Crippen LogP contribution in [0.2, 0.25) is 5.02 Å². The fraction of sp³-hybridized carbons (Fsp3) is 0.303. The third-order valence-corrected chi connectivity index (χ3v) is 8.67. The zero-order chi connectivity index (χ0) is 29.2. The fourth-order valence-corrected chi connectivity index (χ4v) is 6.23. The van der Waals surface area contributed by atoms with Crippen molar-refractivity contribution in [2.45, 2.75) is 45.0 Å². The van der Waals surface area contributed by atoms with Gasteiger partial charge in [-0.1, -0.05) is 61.0 Å². The molecule has 4 rings (SSSR count). The van der Waals surface area contributed by atoms with Gasteiger partial charge in [-0.2, -0.15) is 11.8 Å². The van der Waals surface area contributed by atoms with Crippen molar-refractivity contribution in [2.24, 2.45) is 5.92 Å². The predicted octanol–water partition coefficient (Wildman–Crippen LogP) is 6.40. The Morgan fingerprint density at radius 3 is 2.61 bits per heavy atom. The number of nitrogens with zero attached hydrogens (tertiary/aromatic N) is 1. The number of nitrogens with one attached hydrogen (secondary N) is 1. The number of thioether (sulfide) groups is 1. The molecule has 0 aliphatic rings. The van der Waals surface area contributed by atoms with Crippen molar-refractivity contribution >= 4 is 46.1 Å². The summed E-state index contributed by atoms with van der Waals surface area (Å²) in [4.78, 5) is 28.9. The molecule has 0 saturated heterocycles. The number of benzene rings is 3. The minimum atomic E-state index is -1.03. The zero-order valence-electron chi connectivity index (χ0n) is 23.3. The summed E-state index contributed by atoms with van der Waals surface area (Å²) in [5.41, 5.74) is 4.27. The van der Waals surface area contributed by atoms with Crippen LogP contribution in [0.3, 0.4) is 0 Å². The number of pyridine rings is 1. The van der Waals surface area contributed by atoms with Crippen LogP contribution in [-0.2, 0) is 17.8 Å². The number of carbonyl (C=O) groups is 2. The monoisotopic (exact) mass is 589 g/mol. The highest BCUT2D eigenvalue weighted by Gasteiger charge is 2.19. The summed E-state index contributed by atoms with van der Waals surface area (Å²) in [6, 6.07) is 25.1. The molecule has 0 aliphatic heterocycles. The summed E-state index contributed by atoms with van der Waals surface area (Å²) in [6.45, 7) is 4.62. The van der Waals surface area contributed by atoms with Crippen LogP contribution >= 0.6 is 23.4 Å². The highest BCUT2D eigenvalue weighted by Crippen LogP contribution is 2.37. The lowest BCUT2D eigenvalue weighted by atomic mass is 9.99. The number of hydrogen-bond donors (Lipinski definition) is 1. The molecular formula is C33H34ClN2O4S-. The number of ether oxygens (including phenoxy) is 1. The molecule has 41 heavy (non-hydrogen) atoms. The average molecular weight is 590 g/mol. The van der Waals surface area contributed by atoms with Crippen molar-refractivity contribution in [3.8, 4) is 5.75 Å². The van der Waals surface area contributed by atoms with E-state index in [9.17, 15) is 14.7 Å². The highest BCUT2D eigenvalue weighted by atomic mass is 35.5. The first-order chi connectivity index (χ1) is 19.9. The van der Waals surface area contributed by atoms with Crippen LogP contribution < -0.4 is 15.2 Å². The van der Waals surface area contributed by atoms with Gasteiger partial charge in [-0.15, -0.1) is 0 Å². The highest BCUT2D eigenvalue weighted by molar-refractivity contribution is 7.99. The lowest BCUT2D eigenvalue weighted by Crippen LogP contribution is -2.32. The summed E-state index contributed by atoms with van der Waals surface area (Å²) in [6.07, 6.45) is 1.90. The molecule has 214 valence electrons. The van der Waals surface area contributed by atoms with Gasteiger partial charge in [0.25, 0.3) is 5.91 Å². The molecule has 3 aromatic carbocycles. The van der Waals surface area contributed by atoms with Gasteiger partial charge in [0.2, 0.25) is 0 Å². The van der Waals surface area contributed by atoms with E-state index in [2.05, 4.69) is 10.3 Å². The maximum Gasteiger partial charge on any atom is 0.251 e. The lowest BCUT2D eigenvalue weighted by Gasteiger charge is -2.22. The van der Waals surface area contributed by atoms with Gasteiger partial charge < -0.3 is 20.0 Å². The Morgan fingerprint density at radius 1 is 1.02 bits per heavy atom. The standard InChI is InChI=1S/C33H35ClN2O4S/c1-3-22(33(38)39)21-41-31(17-14-23-8-5-6-11-29(23)32(37)35-4-2)25-9-7-10-28(18-25)40-20-27-16-13-24-12-15-26(34)19-30(24)36-27/h5-13,15-16,18-19,22,31H,3-4,14,17,20-21H2,1-2H3,(H,35,37)(H,38,39)/p-1. The minimum Gasteiger partial charge on any atom is -0.550 e. The van der Waals surface area contributed by atoms with Crippen molar-refractivity contribution in [1.82, 2.24) is 10.3 Å². The quantitative estimate of drug-likeness (QED) is 0.183. The Kier molecular flexibility index (Phi) is 11.0. The van der Waals surface area contributed by atoms with Gasteiger partial charge in [0.05, 0.1) is 11.2 Å². The maximum absolute atomic E-state index is 12.6. The molecule has 2 unspecified atom stereocenters. The maximum atomic E-state index is 12.6. The van der Waals surface area contributed by atoms with E-state index in [1.807, 2.05) is 92.7 Å². The Balaban J connectivity index is 1.51. The van der Waals surface area contributed by atoms with E-state index in [0.717, 1.165) is 34.1 Å². The predicted molar refractivity (Wildman–Crippen MR) is 164 cm³/mol. The second-order valence-corrected chi connectivity index (χ2v) is 11.5. The van der Waals surface area contributed by atoms with E-state index >= 15 is 0 Å². The van der Waals surface area contributed by atoms with Gasteiger partial charge in [0.1, 0.15) is 12.4 Å². The molecule has 0 bridgehead atoms. The number of carboxylic acid groups (broad SMARTS) is 1. The Morgan fingerprint density at radius 2 is 1.83 bits per heavy atom. The Bertz CT molecular complexity index is 1500. The second-order valence-electron chi connectivity index (χ2n) is 9.80.